The molecule has 1 fully saturated rings. The number of nitrogens with one attached hydrogen (secondary N) is 1. The topological polar surface area (TPSA) is 92.1 Å². The standard InChI is InChI=1S/C20H24N2O2S.C6H5F3N2/c23-20-19-14-22(13-11-15(19)10-12-21-20)16-6-8-18(9-7-16)25(24)17-4-2-1-3-5-17;7-6(8,9)4-1-2-5(10)11-3-4/h6-10,12,17H,1-5,11,13-14H2,(H,21,23);1-3H,(H2,10,11). The van der Waals surface area contributed by atoms with Gasteiger partial charge in [0.2, 0.25) is 0 Å². The van der Waals surface area contributed by atoms with Crippen LogP contribution >= 0.6 is 0 Å². The molecule has 1 aromatic carbocycles. The van der Waals surface area contributed by atoms with Gasteiger partial charge in [-0.1, -0.05) is 19.3 Å². The SMILES string of the molecule is Nc1ccc(C(F)(F)F)cn1.O=c1[nH]ccc2c1CN(c1ccc(S(=O)C3CCCCC3)cc1)CC2. The van der Waals surface area contributed by atoms with Gasteiger partial charge in [0.25, 0.3) is 5.56 Å². The van der Waals surface area contributed by atoms with E-state index in [9.17, 15) is 22.2 Å². The lowest BCUT2D eigenvalue weighted by atomic mass is 10.0. The van der Waals surface area contributed by atoms with Gasteiger partial charge in [-0.15, -0.1) is 0 Å². The summed E-state index contributed by atoms with van der Waals surface area (Å²) in [5.74, 6) is 0.0815. The van der Waals surface area contributed by atoms with Gasteiger partial charge in [-0.2, -0.15) is 13.2 Å². The number of rotatable bonds is 3. The second kappa shape index (κ2) is 11.3. The van der Waals surface area contributed by atoms with Crippen molar-refractivity contribution in [2.45, 2.75) is 61.4 Å². The average molecular weight is 519 g/mol. The first-order valence-electron chi connectivity index (χ1n) is 12.0. The molecule has 3 heterocycles. The van der Waals surface area contributed by atoms with Gasteiger partial charge in [0.1, 0.15) is 5.82 Å². The number of pyridine rings is 2. The van der Waals surface area contributed by atoms with E-state index in [0.717, 1.165) is 59.6 Å². The third-order valence-electron chi connectivity index (χ3n) is 6.56. The van der Waals surface area contributed by atoms with Crippen LogP contribution < -0.4 is 16.2 Å². The van der Waals surface area contributed by atoms with E-state index in [0.29, 0.717) is 18.0 Å². The summed E-state index contributed by atoms with van der Waals surface area (Å²) < 4.78 is 48.3. The van der Waals surface area contributed by atoms with Crippen LogP contribution in [0.25, 0.3) is 0 Å². The van der Waals surface area contributed by atoms with E-state index in [-0.39, 0.29) is 11.4 Å². The summed E-state index contributed by atoms with van der Waals surface area (Å²) in [4.78, 5) is 21.3. The first-order chi connectivity index (χ1) is 17.2. The van der Waals surface area contributed by atoms with Crippen molar-refractivity contribution < 1.29 is 17.4 Å². The molecule has 1 saturated carbocycles. The van der Waals surface area contributed by atoms with Crippen molar-refractivity contribution in [3.63, 3.8) is 0 Å². The second-order valence-electron chi connectivity index (χ2n) is 9.00. The fourth-order valence-corrected chi connectivity index (χ4v) is 6.09. The molecule has 2 aromatic heterocycles. The zero-order valence-electron chi connectivity index (χ0n) is 19.8. The van der Waals surface area contributed by atoms with Crippen LogP contribution in [0.4, 0.5) is 24.7 Å². The number of nitrogens with zero attached hydrogens (tertiary/aromatic N) is 2. The van der Waals surface area contributed by atoms with Crippen LogP contribution in [-0.4, -0.2) is 26.0 Å². The number of benzene rings is 1. The first kappa shape index (κ1) is 25.9. The summed E-state index contributed by atoms with van der Waals surface area (Å²) in [6.07, 6.45) is 4.84. The summed E-state index contributed by atoms with van der Waals surface area (Å²) in [5, 5.41) is 0.319. The number of aromatic amines is 1. The van der Waals surface area contributed by atoms with Gasteiger partial charge in [-0.3, -0.25) is 9.00 Å². The number of H-pyrrole nitrogens is 1. The number of nitrogens with two attached hydrogens (primary N) is 1. The Hall–Kier alpha value is -3.14. The van der Waals surface area contributed by atoms with E-state index in [2.05, 4.69) is 27.0 Å². The minimum absolute atomic E-state index is 0.0113. The third kappa shape index (κ3) is 6.34. The van der Waals surface area contributed by atoms with E-state index < -0.39 is 22.5 Å². The smallest absolute Gasteiger partial charge is 0.384 e. The highest BCUT2D eigenvalue weighted by Crippen LogP contribution is 2.29. The maximum absolute atomic E-state index is 12.7. The second-order valence-corrected chi connectivity index (χ2v) is 10.7. The molecule has 36 heavy (non-hydrogen) atoms. The number of fused-ring (bicyclic) bond motifs is 1. The molecular formula is C26H29F3N4O2S. The molecule has 5 rings (SSSR count). The zero-order chi connectivity index (χ0) is 25.7. The maximum Gasteiger partial charge on any atom is 0.417 e. The summed E-state index contributed by atoms with van der Waals surface area (Å²) in [7, 11) is -0.896. The molecule has 2 aliphatic rings. The molecule has 0 bridgehead atoms. The number of anilines is 2. The van der Waals surface area contributed by atoms with E-state index in [1.54, 1.807) is 6.20 Å². The Morgan fingerprint density at radius 1 is 1.03 bits per heavy atom. The number of hydrogen-bond acceptors (Lipinski definition) is 5. The van der Waals surface area contributed by atoms with Crippen molar-refractivity contribution in [1.82, 2.24) is 9.97 Å². The van der Waals surface area contributed by atoms with E-state index >= 15 is 0 Å². The van der Waals surface area contributed by atoms with Crippen LogP contribution in [-0.2, 0) is 29.9 Å². The highest BCUT2D eigenvalue weighted by molar-refractivity contribution is 7.85. The summed E-state index contributed by atoms with van der Waals surface area (Å²) in [6, 6.07) is 12.1. The maximum atomic E-state index is 12.7. The van der Waals surface area contributed by atoms with Gasteiger partial charge < -0.3 is 15.6 Å². The fraction of sp³-hybridized carbons (Fsp3) is 0.385. The molecule has 1 unspecified atom stereocenters. The van der Waals surface area contributed by atoms with Gasteiger partial charge in [0.15, 0.2) is 0 Å². The Kier molecular flexibility index (Phi) is 8.13. The monoisotopic (exact) mass is 518 g/mol. The van der Waals surface area contributed by atoms with Crippen molar-refractivity contribution in [3.05, 3.63) is 81.9 Å². The predicted molar refractivity (Wildman–Crippen MR) is 135 cm³/mol. The van der Waals surface area contributed by atoms with Crippen molar-refractivity contribution in [2.75, 3.05) is 17.2 Å². The molecular weight excluding hydrogens is 489 g/mol. The molecule has 1 aliphatic carbocycles. The summed E-state index contributed by atoms with van der Waals surface area (Å²) in [5.41, 5.74) is 7.43. The Morgan fingerprint density at radius 2 is 1.75 bits per heavy atom. The molecule has 0 radical (unpaired) electrons. The molecule has 1 aliphatic heterocycles. The molecule has 6 nitrogen and oxygen atoms in total. The number of halogens is 3. The highest BCUT2D eigenvalue weighted by Gasteiger charge is 2.30. The van der Waals surface area contributed by atoms with E-state index in [1.807, 2.05) is 18.2 Å². The van der Waals surface area contributed by atoms with Crippen molar-refractivity contribution >= 4 is 22.3 Å². The normalized spacial score (nSPS) is 17.0. The highest BCUT2D eigenvalue weighted by atomic mass is 32.2. The average Bonchev–Trinajstić information content (AvgIpc) is 2.89. The number of alkyl halides is 3. The van der Waals surface area contributed by atoms with Gasteiger partial charge in [-0.25, -0.2) is 4.98 Å². The quantitative estimate of drug-likeness (QED) is 0.506. The molecule has 0 amide bonds. The molecule has 3 aromatic rings. The van der Waals surface area contributed by atoms with Gasteiger partial charge in [0.05, 0.1) is 16.4 Å². The van der Waals surface area contributed by atoms with E-state index in [4.69, 9.17) is 5.73 Å². The van der Waals surface area contributed by atoms with Gasteiger partial charge in [0, 0.05) is 46.9 Å². The number of hydrogen-bond donors (Lipinski definition) is 2. The minimum Gasteiger partial charge on any atom is -0.384 e. The largest absolute Gasteiger partial charge is 0.417 e. The van der Waals surface area contributed by atoms with Crippen LogP contribution in [0.1, 0.15) is 48.8 Å². The molecule has 0 saturated heterocycles. The van der Waals surface area contributed by atoms with Crippen LogP contribution in [0, 0.1) is 0 Å². The van der Waals surface area contributed by atoms with Gasteiger partial charge in [-0.05, 0) is 67.3 Å². The van der Waals surface area contributed by atoms with Crippen LogP contribution in [0.15, 0.2) is 64.5 Å². The van der Waals surface area contributed by atoms with Crippen molar-refractivity contribution in [3.8, 4) is 0 Å². The lowest BCUT2D eigenvalue weighted by Gasteiger charge is -2.30. The summed E-state index contributed by atoms with van der Waals surface area (Å²) >= 11 is 0. The third-order valence-corrected chi connectivity index (χ3v) is 8.38. The van der Waals surface area contributed by atoms with Crippen LogP contribution in [0.2, 0.25) is 0 Å². The number of nitrogen functional groups attached to an aromatic ring is 1. The Bertz CT molecular complexity index is 1240. The molecule has 1 atom stereocenters. The minimum atomic E-state index is -4.33. The summed E-state index contributed by atoms with van der Waals surface area (Å²) in [6.45, 7) is 1.54. The van der Waals surface area contributed by atoms with Crippen LogP contribution in [0.3, 0.4) is 0 Å². The Morgan fingerprint density at radius 3 is 2.39 bits per heavy atom. The van der Waals surface area contributed by atoms with Crippen LogP contribution in [0.5, 0.6) is 0 Å². The first-order valence-corrected chi connectivity index (χ1v) is 13.2. The molecule has 10 heteroatoms. The van der Waals surface area contributed by atoms with Crippen molar-refractivity contribution in [2.24, 2.45) is 0 Å². The Balaban J connectivity index is 0.000000233. The lowest BCUT2D eigenvalue weighted by Crippen LogP contribution is -2.34. The predicted octanol–water partition coefficient (Wildman–Crippen LogP) is 5.06. The molecule has 0 spiro atoms. The van der Waals surface area contributed by atoms with Gasteiger partial charge >= 0.3 is 6.18 Å². The Labute approximate surface area is 210 Å². The lowest BCUT2D eigenvalue weighted by molar-refractivity contribution is -0.137. The molecule has 3 N–H and O–H groups in total. The van der Waals surface area contributed by atoms with E-state index in [1.165, 1.54) is 19.3 Å². The van der Waals surface area contributed by atoms with Crippen molar-refractivity contribution in [1.29, 1.82) is 0 Å². The zero-order valence-corrected chi connectivity index (χ0v) is 20.6. The fourth-order valence-electron chi connectivity index (χ4n) is 4.54. The number of aromatic nitrogens is 2. The molecule has 192 valence electrons.